The molecule has 148 valence electrons. The van der Waals surface area contributed by atoms with Crippen molar-refractivity contribution in [2.24, 2.45) is 5.92 Å². The number of amides is 3. The van der Waals surface area contributed by atoms with Crippen molar-refractivity contribution in [3.8, 4) is 0 Å². The molecule has 6 nitrogen and oxygen atoms in total. The Balaban J connectivity index is 2.07. The van der Waals surface area contributed by atoms with Gasteiger partial charge in [-0.15, -0.1) is 0 Å². The molecule has 2 aliphatic heterocycles. The van der Waals surface area contributed by atoms with Gasteiger partial charge in [0.1, 0.15) is 12.1 Å². The molecule has 0 radical (unpaired) electrons. The normalized spacial score (nSPS) is 22.0. The fraction of sp³-hybridized carbons (Fsp3) is 0.824. The lowest BCUT2D eigenvalue weighted by molar-refractivity contribution is -0.186. The Bertz CT molecular complexity index is 545. The molecule has 0 spiro atoms. The van der Waals surface area contributed by atoms with Crippen molar-refractivity contribution >= 4 is 17.7 Å². The van der Waals surface area contributed by atoms with Crippen LogP contribution in [-0.4, -0.2) is 65.4 Å². The van der Waals surface area contributed by atoms with E-state index in [-0.39, 0.29) is 24.8 Å². The van der Waals surface area contributed by atoms with E-state index < -0.39 is 30.1 Å². The number of carbonyl (C=O) groups is 3. The van der Waals surface area contributed by atoms with Gasteiger partial charge in [0.2, 0.25) is 11.8 Å². The smallest absolute Gasteiger partial charge is 0.342 e. The zero-order valence-corrected chi connectivity index (χ0v) is 15.1. The third-order valence-corrected chi connectivity index (χ3v) is 4.80. The first-order valence-corrected chi connectivity index (χ1v) is 9.08. The van der Waals surface area contributed by atoms with E-state index in [2.05, 4.69) is 5.32 Å². The first-order valence-electron chi connectivity index (χ1n) is 9.08. The molecule has 2 saturated heterocycles. The summed E-state index contributed by atoms with van der Waals surface area (Å²) >= 11 is 0. The minimum Gasteiger partial charge on any atom is -0.342 e. The van der Waals surface area contributed by atoms with Gasteiger partial charge < -0.3 is 15.1 Å². The van der Waals surface area contributed by atoms with Crippen LogP contribution in [0.3, 0.4) is 0 Å². The van der Waals surface area contributed by atoms with Crippen LogP contribution in [0.4, 0.5) is 13.2 Å². The summed E-state index contributed by atoms with van der Waals surface area (Å²) in [5.74, 6) is -2.75. The zero-order valence-electron chi connectivity index (χ0n) is 15.1. The number of carbonyl (C=O) groups excluding carboxylic acids is 3. The fourth-order valence-electron chi connectivity index (χ4n) is 3.56. The SMILES string of the molecule is CC(C)C[C@@H](NC(=O)C1CCCN1C(=O)C(F)(F)F)C(=O)N1CCCC1. The topological polar surface area (TPSA) is 69.7 Å². The molecular weight excluding hydrogens is 351 g/mol. The van der Waals surface area contributed by atoms with E-state index in [9.17, 15) is 27.6 Å². The molecule has 2 rings (SSSR count). The van der Waals surface area contributed by atoms with Gasteiger partial charge in [0.25, 0.3) is 0 Å². The monoisotopic (exact) mass is 377 g/mol. The minimum absolute atomic E-state index is 0.106. The quantitative estimate of drug-likeness (QED) is 0.793. The highest BCUT2D eigenvalue weighted by Crippen LogP contribution is 2.26. The van der Waals surface area contributed by atoms with E-state index in [1.807, 2.05) is 13.8 Å². The summed E-state index contributed by atoms with van der Waals surface area (Å²) in [5.41, 5.74) is 0. The van der Waals surface area contributed by atoms with Gasteiger partial charge >= 0.3 is 12.1 Å². The molecule has 0 aromatic heterocycles. The molecule has 0 aromatic rings. The van der Waals surface area contributed by atoms with Crippen LogP contribution in [0, 0.1) is 5.92 Å². The minimum atomic E-state index is -5.01. The highest BCUT2D eigenvalue weighted by molar-refractivity contribution is 5.93. The van der Waals surface area contributed by atoms with E-state index in [1.165, 1.54) is 0 Å². The molecule has 0 saturated carbocycles. The predicted octanol–water partition coefficient (Wildman–Crippen LogP) is 1.69. The molecule has 1 unspecified atom stereocenters. The molecule has 2 fully saturated rings. The summed E-state index contributed by atoms with van der Waals surface area (Å²) in [6.07, 6.45) is -2.30. The first-order chi connectivity index (χ1) is 12.1. The van der Waals surface area contributed by atoms with Gasteiger partial charge in [-0.25, -0.2) is 0 Å². The Kier molecular flexibility index (Phi) is 6.52. The van der Waals surface area contributed by atoms with Crippen LogP contribution < -0.4 is 5.32 Å². The number of alkyl halides is 3. The summed E-state index contributed by atoms with van der Waals surface area (Å²) in [6.45, 7) is 4.97. The second kappa shape index (κ2) is 8.26. The largest absolute Gasteiger partial charge is 0.471 e. The predicted molar refractivity (Wildman–Crippen MR) is 88.0 cm³/mol. The second-order valence-corrected chi connectivity index (χ2v) is 7.38. The van der Waals surface area contributed by atoms with E-state index in [1.54, 1.807) is 4.90 Å². The number of halogens is 3. The van der Waals surface area contributed by atoms with Crippen LogP contribution in [0.1, 0.15) is 46.0 Å². The van der Waals surface area contributed by atoms with Crippen LogP contribution in [0.15, 0.2) is 0 Å². The van der Waals surface area contributed by atoms with Crippen LogP contribution in [0.2, 0.25) is 0 Å². The lowest BCUT2D eigenvalue weighted by Gasteiger charge is -2.29. The van der Waals surface area contributed by atoms with Crippen molar-refractivity contribution in [2.75, 3.05) is 19.6 Å². The van der Waals surface area contributed by atoms with Gasteiger partial charge in [-0.3, -0.25) is 14.4 Å². The van der Waals surface area contributed by atoms with Crippen molar-refractivity contribution in [2.45, 2.75) is 64.2 Å². The third kappa shape index (κ3) is 4.88. The Morgan fingerprint density at radius 3 is 2.23 bits per heavy atom. The van der Waals surface area contributed by atoms with E-state index in [0.717, 1.165) is 12.8 Å². The lowest BCUT2D eigenvalue weighted by atomic mass is 10.0. The first kappa shape index (κ1) is 20.5. The number of rotatable bonds is 5. The maximum Gasteiger partial charge on any atom is 0.471 e. The molecule has 1 N–H and O–H groups in total. The highest BCUT2D eigenvalue weighted by Gasteiger charge is 2.48. The third-order valence-electron chi connectivity index (χ3n) is 4.80. The Labute approximate surface area is 151 Å². The van der Waals surface area contributed by atoms with Crippen molar-refractivity contribution in [3.05, 3.63) is 0 Å². The summed E-state index contributed by atoms with van der Waals surface area (Å²) in [6, 6.07) is -1.95. The Hall–Kier alpha value is -1.80. The lowest BCUT2D eigenvalue weighted by Crippen LogP contribution is -2.55. The van der Waals surface area contributed by atoms with Crippen LogP contribution >= 0.6 is 0 Å². The number of likely N-dealkylation sites (tertiary alicyclic amines) is 2. The molecule has 3 amide bonds. The van der Waals surface area contributed by atoms with Gasteiger partial charge in [-0.1, -0.05) is 13.8 Å². The van der Waals surface area contributed by atoms with Gasteiger partial charge in [0.05, 0.1) is 0 Å². The maximum atomic E-state index is 12.7. The molecular formula is C17H26F3N3O3. The summed E-state index contributed by atoms with van der Waals surface area (Å²) < 4.78 is 38.2. The van der Waals surface area contributed by atoms with Crippen molar-refractivity contribution in [1.82, 2.24) is 15.1 Å². The summed E-state index contributed by atoms with van der Waals surface area (Å²) in [5, 5.41) is 2.61. The average Bonchev–Trinajstić information content (AvgIpc) is 3.22. The van der Waals surface area contributed by atoms with E-state index in [0.29, 0.717) is 30.8 Å². The zero-order chi connectivity index (χ0) is 19.5. The number of hydrogen-bond donors (Lipinski definition) is 1. The van der Waals surface area contributed by atoms with Crippen LogP contribution in [0.5, 0.6) is 0 Å². The van der Waals surface area contributed by atoms with Crippen molar-refractivity contribution in [1.29, 1.82) is 0 Å². The molecule has 2 atom stereocenters. The van der Waals surface area contributed by atoms with E-state index >= 15 is 0 Å². The Morgan fingerprint density at radius 2 is 1.69 bits per heavy atom. The second-order valence-electron chi connectivity index (χ2n) is 7.38. The van der Waals surface area contributed by atoms with Gasteiger partial charge in [0.15, 0.2) is 0 Å². The summed E-state index contributed by atoms with van der Waals surface area (Å²) in [4.78, 5) is 39.0. The Morgan fingerprint density at radius 1 is 1.08 bits per heavy atom. The van der Waals surface area contributed by atoms with Crippen molar-refractivity contribution in [3.63, 3.8) is 0 Å². The van der Waals surface area contributed by atoms with Gasteiger partial charge in [-0.05, 0) is 38.0 Å². The molecule has 2 aliphatic rings. The molecule has 0 aliphatic carbocycles. The molecule has 9 heteroatoms. The molecule has 2 heterocycles. The number of nitrogens with zero attached hydrogens (tertiary/aromatic N) is 2. The number of nitrogens with one attached hydrogen (secondary N) is 1. The number of hydrogen-bond acceptors (Lipinski definition) is 3. The highest BCUT2D eigenvalue weighted by atomic mass is 19.4. The fourth-order valence-corrected chi connectivity index (χ4v) is 3.56. The van der Waals surface area contributed by atoms with Crippen molar-refractivity contribution < 1.29 is 27.6 Å². The molecule has 0 bridgehead atoms. The van der Waals surface area contributed by atoms with Gasteiger partial charge in [-0.2, -0.15) is 13.2 Å². The molecule has 26 heavy (non-hydrogen) atoms. The van der Waals surface area contributed by atoms with Gasteiger partial charge in [0, 0.05) is 19.6 Å². The molecule has 0 aromatic carbocycles. The van der Waals surface area contributed by atoms with Crippen LogP contribution in [0.25, 0.3) is 0 Å². The standard InChI is InChI=1S/C17H26F3N3O3/c1-11(2)10-12(15(25)22-7-3-4-8-22)21-14(24)13-6-5-9-23(13)16(26)17(18,19)20/h11-13H,3-10H2,1-2H3,(H,21,24)/t12-,13?/m1/s1. The summed E-state index contributed by atoms with van der Waals surface area (Å²) in [7, 11) is 0. The average molecular weight is 377 g/mol. The van der Waals surface area contributed by atoms with Crippen LogP contribution in [-0.2, 0) is 14.4 Å². The maximum absolute atomic E-state index is 12.7. The van der Waals surface area contributed by atoms with E-state index in [4.69, 9.17) is 0 Å².